The van der Waals surface area contributed by atoms with E-state index in [1.165, 1.54) is 4.90 Å². The zero-order valence-corrected chi connectivity index (χ0v) is 8.83. The number of carbonyl (C=O) groups is 1. The Hall–Kier alpha value is -1.65. The molecule has 0 aliphatic heterocycles. The maximum Gasteiger partial charge on any atom is 0.272 e. The number of nitrogens with one attached hydrogen (secondary N) is 1. The number of aromatic nitrogens is 2. The second-order valence-corrected chi connectivity index (χ2v) is 3.17. The first-order valence-electron chi connectivity index (χ1n) is 4.29. The fourth-order valence-electron chi connectivity index (χ4n) is 1.02. The van der Waals surface area contributed by atoms with Crippen LogP contribution in [0.3, 0.4) is 0 Å². The maximum absolute atomic E-state index is 11.6. The van der Waals surface area contributed by atoms with Crippen molar-refractivity contribution in [2.75, 3.05) is 26.5 Å². The molecule has 0 radical (unpaired) electrons. The highest BCUT2D eigenvalue weighted by Gasteiger charge is 2.11. The van der Waals surface area contributed by atoms with Crippen molar-refractivity contribution in [3.63, 3.8) is 0 Å². The molecule has 0 spiro atoms. The van der Waals surface area contributed by atoms with Gasteiger partial charge in [-0.2, -0.15) is 0 Å². The molecule has 0 aromatic carbocycles. The second-order valence-electron chi connectivity index (χ2n) is 3.17. The van der Waals surface area contributed by atoms with E-state index in [9.17, 15) is 4.79 Å². The lowest BCUT2D eigenvalue weighted by Crippen LogP contribution is -2.23. The lowest BCUT2D eigenvalue weighted by Gasteiger charge is -2.10. The highest BCUT2D eigenvalue weighted by Crippen LogP contribution is 2.05. The van der Waals surface area contributed by atoms with Crippen LogP contribution in [0.4, 0.5) is 5.95 Å². The Balaban J connectivity index is 3.09. The predicted molar refractivity (Wildman–Crippen MR) is 54.3 cm³/mol. The van der Waals surface area contributed by atoms with Crippen LogP contribution in [0.1, 0.15) is 16.2 Å². The lowest BCUT2D eigenvalue weighted by molar-refractivity contribution is 0.0822. The number of aryl methyl sites for hydroxylation is 1. The number of nitrogens with zero attached hydrogens (tertiary/aromatic N) is 3. The van der Waals surface area contributed by atoms with Gasteiger partial charge in [0.05, 0.1) is 0 Å². The van der Waals surface area contributed by atoms with Crippen LogP contribution < -0.4 is 5.32 Å². The van der Waals surface area contributed by atoms with Crippen LogP contribution in [0.15, 0.2) is 6.07 Å². The summed E-state index contributed by atoms with van der Waals surface area (Å²) < 4.78 is 0. The highest BCUT2D eigenvalue weighted by molar-refractivity contribution is 5.92. The molecular weight excluding hydrogens is 180 g/mol. The fourth-order valence-corrected chi connectivity index (χ4v) is 1.02. The van der Waals surface area contributed by atoms with Crippen molar-refractivity contribution in [1.29, 1.82) is 0 Å². The third-order valence-electron chi connectivity index (χ3n) is 1.70. The van der Waals surface area contributed by atoms with Gasteiger partial charge in [0.1, 0.15) is 5.69 Å². The van der Waals surface area contributed by atoms with Gasteiger partial charge in [0.25, 0.3) is 5.91 Å². The first kappa shape index (κ1) is 10.4. The van der Waals surface area contributed by atoms with Crippen molar-refractivity contribution < 1.29 is 4.79 Å². The van der Waals surface area contributed by atoms with Crippen molar-refractivity contribution in [3.8, 4) is 0 Å². The van der Waals surface area contributed by atoms with E-state index in [0.717, 1.165) is 5.69 Å². The summed E-state index contributed by atoms with van der Waals surface area (Å²) in [6, 6.07) is 1.67. The summed E-state index contributed by atoms with van der Waals surface area (Å²) in [4.78, 5) is 21.2. The Morgan fingerprint density at radius 1 is 1.43 bits per heavy atom. The normalized spacial score (nSPS) is 9.71. The molecule has 1 heterocycles. The molecule has 14 heavy (non-hydrogen) atoms. The smallest absolute Gasteiger partial charge is 0.272 e. The van der Waals surface area contributed by atoms with Gasteiger partial charge in [0.2, 0.25) is 5.95 Å². The molecule has 76 valence electrons. The number of hydrogen-bond donors (Lipinski definition) is 1. The van der Waals surface area contributed by atoms with E-state index in [4.69, 9.17) is 0 Å². The molecule has 0 aliphatic carbocycles. The third-order valence-corrected chi connectivity index (χ3v) is 1.70. The Morgan fingerprint density at radius 2 is 2.07 bits per heavy atom. The molecule has 1 amide bonds. The maximum atomic E-state index is 11.6. The Bertz CT molecular complexity index is 349. The van der Waals surface area contributed by atoms with E-state index in [-0.39, 0.29) is 5.91 Å². The molecule has 1 rings (SSSR count). The summed E-state index contributed by atoms with van der Waals surface area (Å²) in [6.45, 7) is 1.83. The van der Waals surface area contributed by atoms with Crippen LogP contribution in [0, 0.1) is 6.92 Å². The van der Waals surface area contributed by atoms with Crippen LogP contribution in [0.2, 0.25) is 0 Å². The largest absolute Gasteiger partial charge is 0.357 e. The summed E-state index contributed by atoms with van der Waals surface area (Å²) >= 11 is 0. The monoisotopic (exact) mass is 194 g/mol. The lowest BCUT2D eigenvalue weighted by atomic mass is 10.3. The molecule has 0 aliphatic rings. The number of carbonyl (C=O) groups excluding carboxylic acids is 1. The van der Waals surface area contributed by atoms with Gasteiger partial charge in [-0.05, 0) is 13.0 Å². The molecule has 0 unspecified atom stereocenters. The van der Waals surface area contributed by atoms with Crippen LogP contribution in [0.5, 0.6) is 0 Å². The van der Waals surface area contributed by atoms with Crippen molar-refractivity contribution in [2.24, 2.45) is 0 Å². The van der Waals surface area contributed by atoms with Crippen LogP contribution in [-0.2, 0) is 0 Å². The number of rotatable bonds is 2. The summed E-state index contributed by atoms with van der Waals surface area (Å²) in [7, 11) is 5.11. The first-order chi connectivity index (χ1) is 6.54. The van der Waals surface area contributed by atoms with Crippen LogP contribution >= 0.6 is 0 Å². The minimum atomic E-state index is -0.119. The summed E-state index contributed by atoms with van der Waals surface area (Å²) in [5, 5.41) is 2.81. The number of anilines is 1. The fraction of sp³-hybridized carbons (Fsp3) is 0.444. The SMILES string of the molecule is CNc1nc(C)cc(C(=O)N(C)C)n1. The summed E-state index contributed by atoms with van der Waals surface area (Å²) in [5.74, 6) is 0.349. The van der Waals surface area contributed by atoms with Gasteiger partial charge in [0.15, 0.2) is 0 Å². The molecule has 0 bridgehead atoms. The quantitative estimate of drug-likeness (QED) is 0.746. The van der Waals surface area contributed by atoms with E-state index in [2.05, 4.69) is 15.3 Å². The van der Waals surface area contributed by atoms with Crippen LogP contribution in [-0.4, -0.2) is 41.9 Å². The standard InChI is InChI=1S/C9H14N4O/c1-6-5-7(8(14)13(3)4)12-9(10-2)11-6/h5H,1-4H3,(H,10,11,12). The highest BCUT2D eigenvalue weighted by atomic mass is 16.2. The van der Waals surface area contributed by atoms with E-state index in [1.54, 1.807) is 27.2 Å². The van der Waals surface area contributed by atoms with Crippen molar-refractivity contribution in [1.82, 2.24) is 14.9 Å². The van der Waals surface area contributed by atoms with E-state index >= 15 is 0 Å². The van der Waals surface area contributed by atoms with E-state index in [0.29, 0.717) is 11.6 Å². The molecular formula is C9H14N4O. The molecule has 5 nitrogen and oxygen atoms in total. The van der Waals surface area contributed by atoms with Crippen molar-refractivity contribution in [2.45, 2.75) is 6.92 Å². The average molecular weight is 194 g/mol. The Morgan fingerprint density at radius 3 is 2.57 bits per heavy atom. The molecule has 0 fully saturated rings. The van der Waals surface area contributed by atoms with Gasteiger partial charge in [-0.3, -0.25) is 4.79 Å². The van der Waals surface area contributed by atoms with Gasteiger partial charge in [-0.15, -0.1) is 0 Å². The second kappa shape index (κ2) is 4.04. The summed E-state index contributed by atoms with van der Waals surface area (Å²) in [5.41, 5.74) is 1.18. The van der Waals surface area contributed by atoms with Crippen molar-refractivity contribution in [3.05, 3.63) is 17.5 Å². The molecule has 0 saturated carbocycles. The molecule has 1 aromatic heterocycles. The Kier molecular flexibility index (Phi) is 3.01. The number of hydrogen-bond acceptors (Lipinski definition) is 4. The van der Waals surface area contributed by atoms with E-state index in [1.807, 2.05) is 6.92 Å². The zero-order chi connectivity index (χ0) is 10.7. The molecule has 0 atom stereocenters. The molecule has 1 N–H and O–H groups in total. The molecule has 1 aromatic rings. The van der Waals surface area contributed by atoms with Gasteiger partial charge in [0, 0.05) is 26.8 Å². The minimum absolute atomic E-state index is 0.119. The minimum Gasteiger partial charge on any atom is -0.357 e. The summed E-state index contributed by atoms with van der Waals surface area (Å²) in [6.07, 6.45) is 0. The number of amides is 1. The third kappa shape index (κ3) is 2.18. The van der Waals surface area contributed by atoms with Gasteiger partial charge in [-0.1, -0.05) is 0 Å². The van der Waals surface area contributed by atoms with Gasteiger partial charge in [-0.25, -0.2) is 9.97 Å². The Labute approximate surface area is 83.2 Å². The van der Waals surface area contributed by atoms with Crippen molar-refractivity contribution >= 4 is 11.9 Å². The van der Waals surface area contributed by atoms with E-state index < -0.39 is 0 Å². The first-order valence-corrected chi connectivity index (χ1v) is 4.29. The van der Waals surface area contributed by atoms with Gasteiger partial charge < -0.3 is 10.2 Å². The molecule has 0 saturated heterocycles. The average Bonchev–Trinajstić information content (AvgIpc) is 2.15. The molecule has 5 heteroatoms. The topological polar surface area (TPSA) is 58.1 Å². The van der Waals surface area contributed by atoms with Gasteiger partial charge >= 0.3 is 0 Å². The van der Waals surface area contributed by atoms with Crippen LogP contribution in [0.25, 0.3) is 0 Å². The predicted octanol–water partition coefficient (Wildman–Crippen LogP) is 0.529. The zero-order valence-electron chi connectivity index (χ0n) is 8.83.